The number of thiocarbonyl (C=S) groups is 2. The summed E-state index contributed by atoms with van der Waals surface area (Å²) in [6.45, 7) is 3.92. The number of aromatic nitrogens is 1. The van der Waals surface area contributed by atoms with E-state index in [2.05, 4.69) is 4.98 Å². The van der Waals surface area contributed by atoms with E-state index in [4.69, 9.17) is 30.3 Å². The van der Waals surface area contributed by atoms with Crippen LogP contribution >= 0.6 is 24.4 Å². The van der Waals surface area contributed by atoms with E-state index in [1.807, 2.05) is 32.0 Å². The van der Waals surface area contributed by atoms with Crippen molar-refractivity contribution >= 4 is 34.4 Å². The topological polar surface area (TPSA) is 42.1 Å². The fraction of sp³-hybridized carbons (Fsp3) is 0.364. The molecule has 3 nitrogen and oxygen atoms in total. The molecule has 0 unspecified atom stereocenters. The van der Waals surface area contributed by atoms with E-state index in [9.17, 15) is 0 Å². The van der Waals surface area contributed by atoms with Gasteiger partial charge in [-0.3, -0.25) is 9.99 Å². The average Bonchev–Trinajstić information content (AvgIpc) is 2.38. The summed E-state index contributed by atoms with van der Waals surface area (Å²) in [5.74, 6) is 5.53. The highest BCUT2D eigenvalue weighted by atomic mass is 32.1. The molecule has 0 fully saturated rings. The van der Waals surface area contributed by atoms with Crippen molar-refractivity contribution in [2.45, 2.75) is 26.7 Å². The number of hydrazine groups is 1. The minimum absolute atomic E-state index is 0.701. The molecule has 88 valence electrons. The third kappa shape index (κ3) is 6.55. The highest BCUT2D eigenvalue weighted by Crippen LogP contribution is 1.95. The fourth-order valence-electron chi connectivity index (χ4n) is 0.792. The first-order valence-corrected chi connectivity index (χ1v) is 5.90. The highest BCUT2D eigenvalue weighted by molar-refractivity contribution is 7.81. The lowest BCUT2D eigenvalue weighted by Gasteiger charge is -2.17. The van der Waals surface area contributed by atoms with Crippen LogP contribution in [0.4, 0.5) is 0 Å². The van der Waals surface area contributed by atoms with Crippen LogP contribution in [0.15, 0.2) is 30.6 Å². The minimum atomic E-state index is 0.701. The molecule has 2 N–H and O–H groups in total. The van der Waals surface area contributed by atoms with Crippen LogP contribution in [-0.4, -0.2) is 20.0 Å². The Morgan fingerprint density at radius 2 is 1.50 bits per heavy atom. The normalized spacial score (nSPS) is 8.69. The summed E-state index contributed by atoms with van der Waals surface area (Å²) in [5.41, 5.74) is 0. The van der Waals surface area contributed by atoms with Crippen molar-refractivity contribution in [2.24, 2.45) is 5.84 Å². The van der Waals surface area contributed by atoms with Crippen LogP contribution in [0, 0.1) is 0 Å². The smallest absolute Gasteiger partial charge is 0.0978 e. The lowest BCUT2D eigenvalue weighted by Crippen LogP contribution is -2.39. The number of hydrogen-bond acceptors (Lipinski definition) is 4. The first-order chi connectivity index (χ1) is 7.63. The molecule has 0 saturated heterocycles. The molecule has 0 aromatic carbocycles. The van der Waals surface area contributed by atoms with Crippen LogP contribution in [0.2, 0.25) is 0 Å². The molecule has 1 aromatic heterocycles. The number of nitrogens with two attached hydrogens (primary N) is 1. The average molecular weight is 255 g/mol. The summed E-state index contributed by atoms with van der Waals surface area (Å²) < 4.78 is 0. The third-order valence-corrected chi connectivity index (χ3v) is 2.68. The fourth-order valence-corrected chi connectivity index (χ4v) is 1.07. The van der Waals surface area contributed by atoms with Gasteiger partial charge in [0, 0.05) is 12.4 Å². The molecule has 0 bridgehead atoms. The van der Waals surface area contributed by atoms with Crippen molar-refractivity contribution in [3.8, 4) is 0 Å². The van der Waals surface area contributed by atoms with Crippen LogP contribution in [0.1, 0.15) is 26.7 Å². The number of nitrogens with zero attached hydrogens (tertiary/aromatic N) is 2. The molecule has 0 aliphatic rings. The Morgan fingerprint density at radius 3 is 1.69 bits per heavy atom. The number of pyridine rings is 1. The zero-order valence-corrected chi connectivity index (χ0v) is 11.2. The van der Waals surface area contributed by atoms with E-state index >= 15 is 0 Å². The van der Waals surface area contributed by atoms with Gasteiger partial charge in [-0.25, -0.2) is 5.84 Å². The Labute approximate surface area is 108 Å². The molecule has 0 amide bonds. The zero-order valence-electron chi connectivity index (χ0n) is 9.59. The Morgan fingerprint density at radius 1 is 1.06 bits per heavy atom. The van der Waals surface area contributed by atoms with Crippen molar-refractivity contribution in [3.05, 3.63) is 30.6 Å². The van der Waals surface area contributed by atoms with Gasteiger partial charge in [0.15, 0.2) is 0 Å². The van der Waals surface area contributed by atoms with Gasteiger partial charge in [-0.1, -0.05) is 44.3 Å². The molecule has 1 heterocycles. The third-order valence-electron chi connectivity index (χ3n) is 1.71. The summed E-state index contributed by atoms with van der Waals surface area (Å²) in [6.07, 6.45) is 5.04. The second-order valence-corrected chi connectivity index (χ2v) is 3.83. The second-order valence-electron chi connectivity index (χ2n) is 2.89. The molecular weight excluding hydrogens is 238 g/mol. The van der Waals surface area contributed by atoms with E-state index in [1.165, 1.54) is 5.01 Å². The molecule has 1 rings (SSSR count). The van der Waals surface area contributed by atoms with Gasteiger partial charge in [0.05, 0.1) is 9.98 Å². The van der Waals surface area contributed by atoms with Gasteiger partial charge >= 0.3 is 0 Å². The molecule has 0 aliphatic heterocycles. The van der Waals surface area contributed by atoms with Crippen molar-refractivity contribution in [2.75, 3.05) is 0 Å². The Kier molecular flexibility index (Phi) is 8.80. The standard InChI is InChI=1S/C6H12N2S2.C5H5N/c1-3-5(9)8(7)6(10)4-2;1-2-4-6-5-3-1/h3-4,7H2,1-2H3;1-5H. The second kappa shape index (κ2) is 9.33. The van der Waals surface area contributed by atoms with Crippen molar-refractivity contribution in [1.82, 2.24) is 9.99 Å². The van der Waals surface area contributed by atoms with Crippen LogP contribution in [0.3, 0.4) is 0 Å². The summed E-state index contributed by atoms with van der Waals surface area (Å²) in [5, 5.41) is 1.41. The maximum absolute atomic E-state index is 5.53. The minimum Gasteiger partial charge on any atom is -0.266 e. The molecule has 5 heteroatoms. The van der Waals surface area contributed by atoms with Crippen molar-refractivity contribution < 1.29 is 0 Å². The zero-order chi connectivity index (χ0) is 12.4. The van der Waals surface area contributed by atoms with Gasteiger partial charge in [-0.15, -0.1) is 0 Å². The lowest BCUT2D eigenvalue weighted by molar-refractivity contribution is 0.651. The first-order valence-electron chi connectivity index (χ1n) is 5.08. The van der Waals surface area contributed by atoms with Gasteiger partial charge in [0.2, 0.25) is 0 Å². The van der Waals surface area contributed by atoms with Crippen LogP contribution < -0.4 is 5.84 Å². The van der Waals surface area contributed by atoms with E-state index in [0.29, 0.717) is 9.98 Å². The number of rotatable bonds is 2. The summed E-state index contributed by atoms with van der Waals surface area (Å²) in [6, 6.07) is 5.72. The maximum Gasteiger partial charge on any atom is 0.0978 e. The van der Waals surface area contributed by atoms with Crippen LogP contribution in [0.5, 0.6) is 0 Å². The molecule has 0 radical (unpaired) electrons. The quantitative estimate of drug-likeness (QED) is 0.500. The summed E-state index contributed by atoms with van der Waals surface area (Å²) >= 11 is 9.87. The Balaban J connectivity index is 0.000000315. The van der Waals surface area contributed by atoms with Gasteiger partial charge in [0.25, 0.3) is 0 Å². The van der Waals surface area contributed by atoms with Crippen LogP contribution in [0.25, 0.3) is 0 Å². The van der Waals surface area contributed by atoms with E-state index in [-0.39, 0.29) is 0 Å². The molecule has 0 aliphatic carbocycles. The van der Waals surface area contributed by atoms with Crippen molar-refractivity contribution in [1.29, 1.82) is 0 Å². The Hall–Kier alpha value is -0.910. The molecular formula is C11H17N3S2. The van der Waals surface area contributed by atoms with Crippen molar-refractivity contribution in [3.63, 3.8) is 0 Å². The van der Waals surface area contributed by atoms with Crippen LogP contribution in [-0.2, 0) is 0 Å². The SMILES string of the molecule is CCC(=S)N(N)C(=S)CC.c1ccncc1. The summed E-state index contributed by atoms with van der Waals surface area (Å²) in [4.78, 5) is 5.19. The molecule has 0 atom stereocenters. The molecule has 1 aromatic rings. The molecule has 0 spiro atoms. The van der Waals surface area contributed by atoms with Gasteiger partial charge in [-0.2, -0.15) is 0 Å². The number of hydrogen-bond donors (Lipinski definition) is 1. The lowest BCUT2D eigenvalue weighted by atomic mass is 10.4. The molecule has 16 heavy (non-hydrogen) atoms. The van der Waals surface area contributed by atoms with E-state index in [0.717, 1.165) is 12.8 Å². The van der Waals surface area contributed by atoms with Gasteiger partial charge in [0.1, 0.15) is 0 Å². The van der Waals surface area contributed by atoms with Gasteiger partial charge in [-0.05, 0) is 25.0 Å². The maximum atomic E-state index is 5.53. The predicted octanol–water partition coefficient (Wildman–Crippen LogP) is 2.72. The van der Waals surface area contributed by atoms with Gasteiger partial charge < -0.3 is 0 Å². The predicted molar refractivity (Wildman–Crippen MR) is 76.0 cm³/mol. The van der Waals surface area contributed by atoms with E-state index < -0.39 is 0 Å². The summed E-state index contributed by atoms with van der Waals surface area (Å²) in [7, 11) is 0. The largest absolute Gasteiger partial charge is 0.266 e. The first kappa shape index (κ1) is 15.1. The highest BCUT2D eigenvalue weighted by Gasteiger charge is 2.05. The molecule has 0 saturated carbocycles. The Bertz CT molecular complexity index is 272. The van der Waals surface area contributed by atoms with E-state index in [1.54, 1.807) is 12.4 Å². The monoisotopic (exact) mass is 255 g/mol.